The number of carbonyl (C=O) groups is 3. The van der Waals surface area contributed by atoms with Gasteiger partial charge in [-0.3, -0.25) is 9.59 Å². The van der Waals surface area contributed by atoms with Crippen LogP contribution >= 0.6 is 46.4 Å². The van der Waals surface area contributed by atoms with Gasteiger partial charge in [-0.15, -0.1) is 0 Å². The molecule has 2 N–H and O–H groups in total. The summed E-state index contributed by atoms with van der Waals surface area (Å²) in [5, 5.41) is 10.9. The summed E-state index contributed by atoms with van der Waals surface area (Å²) in [5.41, 5.74) is 1.98. The van der Waals surface area contributed by atoms with E-state index in [0.29, 0.717) is 22.6 Å². The smallest absolute Gasteiger partial charge is 0.408 e. The standard InChI is InChI=1S/C29H34Cl2N4O5.C7H6Cl2/c1-18(2)22(33-26(36)24(19-10-7-6-8-11-19)34-28(38)39-29(3,4)5)17-35(27(37)25(30)31)21-13-9-12-20(16-21)23-14-15-32-40-23;1-5-6(8)3-2-4-7(5)9/h6-16,18,22,24-25H,17H2,1-5H3,(H,33,36)(H,34,38);2-4H,1H3/t22-,24-;/m1./s1. The number of anilines is 1. The van der Waals surface area contributed by atoms with E-state index in [-0.39, 0.29) is 12.5 Å². The van der Waals surface area contributed by atoms with E-state index >= 15 is 0 Å². The first-order chi connectivity index (χ1) is 23.1. The van der Waals surface area contributed by atoms with Gasteiger partial charge in [0.2, 0.25) is 5.91 Å². The zero-order valence-electron chi connectivity index (χ0n) is 28.0. The molecule has 13 heteroatoms. The Kier molecular flexibility index (Phi) is 14.8. The Balaban J connectivity index is 0.000000624. The van der Waals surface area contributed by atoms with Gasteiger partial charge in [-0.25, -0.2) is 4.79 Å². The van der Waals surface area contributed by atoms with Gasteiger partial charge in [-0.1, -0.05) is 114 Å². The summed E-state index contributed by atoms with van der Waals surface area (Å²) in [6.45, 7) is 11.0. The molecular weight excluding hydrogens is 710 g/mol. The van der Waals surface area contributed by atoms with Gasteiger partial charge in [0.05, 0.1) is 6.20 Å². The van der Waals surface area contributed by atoms with Gasteiger partial charge in [0, 0.05) is 39.9 Å². The van der Waals surface area contributed by atoms with Crippen molar-refractivity contribution < 1.29 is 23.6 Å². The highest BCUT2D eigenvalue weighted by molar-refractivity contribution is 6.54. The van der Waals surface area contributed by atoms with Crippen molar-refractivity contribution >= 4 is 70.0 Å². The fourth-order valence-electron chi connectivity index (χ4n) is 4.47. The van der Waals surface area contributed by atoms with Crippen LogP contribution in [0.1, 0.15) is 51.8 Å². The molecule has 49 heavy (non-hydrogen) atoms. The van der Waals surface area contributed by atoms with Crippen LogP contribution in [0.15, 0.2) is 89.6 Å². The van der Waals surface area contributed by atoms with E-state index < -0.39 is 40.4 Å². The second-order valence-corrected chi connectivity index (χ2v) is 14.3. The van der Waals surface area contributed by atoms with Crippen molar-refractivity contribution in [3.63, 3.8) is 0 Å². The molecule has 9 nitrogen and oxygen atoms in total. The largest absolute Gasteiger partial charge is 0.444 e. The molecular formula is C36H40Cl4N4O5. The maximum absolute atomic E-state index is 13.6. The fourth-order valence-corrected chi connectivity index (χ4v) is 5.10. The summed E-state index contributed by atoms with van der Waals surface area (Å²) in [4.78, 5) is 39.5. The molecule has 262 valence electrons. The van der Waals surface area contributed by atoms with Crippen molar-refractivity contribution in [1.29, 1.82) is 0 Å². The van der Waals surface area contributed by atoms with Crippen molar-refractivity contribution in [3.05, 3.63) is 106 Å². The van der Waals surface area contributed by atoms with Crippen LogP contribution in [0.3, 0.4) is 0 Å². The Morgan fingerprint density at radius 2 is 1.53 bits per heavy atom. The molecule has 0 aliphatic carbocycles. The Labute approximate surface area is 307 Å². The minimum Gasteiger partial charge on any atom is -0.444 e. The molecule has 0 bridgehead atoms. The lowest BCUT2D eigenvalue weighted by atomic mass is 10.0. The molecule has 3 aromatic carbocycles. The molecule has 0 spiro atoms. The lowest BCUT2D eigenvalue weighted by Gasteiger charge is -2.32. The zero-order valence-corrected chi connectivity index (χ0v) is 31.1. The van der Waals surface area contributed by atoms with Gasteiger partial charge < -0.3 is 24.8 Å². The topological polar surface area (TPSA) is 114 Å². The third kappa shape index (κ3) is 12.3. The third-order valence-corrected chi connectivity index (χ3v) is 8.29. The summed E-state index contributed by atoms with van der Waals surface area (Å²) >= 11 is 23.5. The Hall–Kier alpha value is -3.76. The normalized spacial score (nSPS) is 12.4. The molecule has 4 rings (SSSR count). The quantitative estimate of drug-likeness (QED) is 0.156. The van der Waals surface area contributed by atoms with E-state index in [4.69, 9.17) is 55.7 Å². The molecule has 3 amide bonds. The number of ether oxygens (including phenoxy) is 1. The zero-order chi connectivity index (χ0) is 36.3. The monoisotopic (exact) mass is 748 g/mol. The van der Waals surface area contributed by atoms with Gasteiger partial charge in [0.15, 0.2) is 10.6 Å². The van der Waals surface area contributed by atoms with Crippen LogP contribution in [-0.2, 0) is 14.3 Å². The molecule has 0 aliphatic rings. The highest BCUT2D eigenvalue weighted by Gasteiger charge is 2.31. The number of nitrogens with one attached hydrogen (secondary N) is 2. The maximum atomic E-state index is 13.6. The number of alkyl carbamates (subject to hydrolysis) is 1. The summed E-state index contributed by atoms with van der Waals surface area (Å²) in [5.74, 6) is -0.606. The van der Waals surface area contributed by atoms with Crippen LogP contribution in [0.25, 0.3) is 11.3 Å². The molecule has 0 saturated heterocycles. The van der Waals surface area contributed by atoms with Crippen molar-refractivity contribution in [3.8, 4) is 11.3 Å². The summed E-state index contributed by atoms with van der Waals surface area (Å²) in [7, 11) is 0. The number of carbonyl (C=O) groups excluding carboxylic acids is 3. The van der Waals surface area contributed by atoms with Crippen LogP contribution < -0.4 is 15.5 Å². The molecule has 1 heterocycles. The van der Waals surface area contributed by atoms with E-state index in [1.165, 1.54) is 11.1 Å². The van der Waals surface area contributed by atoms with E-state index in [1.54, 1.807) is 69.3 Å². The molecule has 2 atom stereocenters. The van der Waals surface area contributed by atoms with Crippen LogP contribution in [0, 0.1) is 12.8 Å². The van der Waals surface area contributed by atoms with Crippen molar-refractivity contribution in [1.82, 2.24) is 15.8 Å². The number of benzene rings is 3. The van der Waals surface area contributed by atoms with Gasteiger partial charge >= 0.3 is 6.09 Å². The predicted octanol–water partition coefficient (Wildman–Crippen LogP) is 9.19. The minimum atomic E-state index is -1.33. The van der Waals surface area contributed by atoms with Crippen LogP contribution in [0.4, 0.5) is 10.5 Å². The van der Waals surface area contributed by atoms with Crippen molar-refractivity contribution in [2.24, 2.45) is 5.92 Å². The number of aromatic nitrogens is 1. The minimum absolute atomic E-state index is 0.0615. The number of amides is 3. The van der Waals surface area contributed by atoms with Crippen molar-refractivity contribution in [2.45, 2.75) is 64.1 Å². The first kappa shape index (κ1) is 39.7. The fraction of sp³-hybridized carbons (Fsp3) is 0.333. The van der Waals surface area contributed by atoms with Gasteiger partial charge in [-0.2, -0.15) is 0 Å². The number of hydrogen-bond donors (Lipinski definition) is 2. The molecule has 1 aromatic heterocycles. The van der Waals surface area contributed by atoms with Crippen molar-refractivity contribution in [2.75, 3.05) is 11.4 Å². The predicted molar refractivity (Wildman–Crippen MR) is 196 cm³/mol. The summed E-state index contributed by atoms with van der Waals surface area (Å²) < 4.78 is 10.6. The SMILES string of the molecule is CC(C)[C@@H](CN(C(=O)C(Cl)Cl)c1cccc(-c2ccno2)c1)NC(=O)[C@H](NC(=O)OC(C)(C)C)c1ccccc1.Cc1c(Cl)cccc1Cl. The van der Waals surface area contributed by atoms with Crippen LogP contribution in [0.5, 0.6) is 0 Å². The highest BCUT2D eigenvalue weighted by atomic mass is 35.5. The highest BCUT2D eigenvalue weighted by Crippen LogP contribution is 2.27. The molecule has 0 aliphatic heterocycles. The average Bonchev–Trinajstić information content (AvgIpc) is 3.59. The Morgan fingerprint density at radius 3 is 2.06 bits per heavy atom. The van der Waals surface area contributed by atoms with Crippen LogP contribution in [-0.4, -0.2) is 46.1 Å². The first-order valence-corrected chi connectivity index (χ1v) is 17.1. The number of nitrogens with zero attached hydrogens (tertiary/aromatic N) is 2. The number of halogens is 4. The third-order valence-electron chi connectivity index (χ3n) is 7.10. The van der Waals surface area contributed by atoms with E-state index in [9.17, 15) is 14.4 Å². The Bertz CT molecular complexity index is 1660. The molecule has 0 radical (unpaired) electrons. The molecule has 0 fully saturated rings. The lowest BCUT2D eigenvalue weighted by Crippen LogP contribution is -2.52. The number of rotatable bonds is 10. The summed E-state index contributed by atoms with van der Waals surface area (Å²) in [6.07, 6.45) is 0.794. The van der Waals surface area contributed by atoms with E-state index in [0.717, 1.165) is 15.6 Å². The number of hydrogen-bond acceptors (Lipinski definition) is 6. The van der Waals surface area contributed by atoms with Gasteiger partial charge in [0.25, 0.3) is 5.91 Å². The van der Waals surface area contributed by atoms with E-state index in [1.807, 2.05) is 51.1 Å². The van der Waals surface area contributed by atoms with Crippen LogP contribution in [0.2, 0.25) is 10.0 Å². The second kappa shape index (κ2) is 18.3. The summed E-state index contributed by atoms with van der Waals surface area (Å²) in [6, 6.07) is 21.5. The van der Waals surface area contributed by atoms with Gasteiger partial charge in [-0.05, 0) is 69.0 Å². The lowest BCUT2D eigenvalue weighted by molar-refractivity contribution is -0.124. The molecule has 4 aromatic rings. The second-order valence-electron chi connectivity index (χ2n) is 12.4. The number of alkyl halides is 2. The first-order valence-electron chi connectivity index (χ1n) is 15.4. The maximum Gasteiger partial charge on any atom is 0.408 e. The van der Waals surface area contributed by atoms with E-state index in [2.05, 4.69) is 15.8 Å². The average molecular weight is 751 g/mol. The Morgan fingerprint density at radius 1 is 0.898 bits per heavy atom. The van der Waals surface area contributed by atoms with Gasteiger partial charge in [0.1, 0.15) is 11.6 Å². The molecule has 0 saturated carbocycles. The molecule has 0 unspecified atom stereocenters.